The van der Waals surface area contributed by atoms with Crippen molar-refractivity contribution in [2.75, 3.05) is 31.6 Å². The summed E-state index contributed by atoms with van der Waals surface area (Å²) in [6.07, 6.45) is 3.49. The first-order chi connectivity index (χ1) is 18.0. The Morgan fingerprint density at radius 1 is 1.08 bits per heavy atom. The average Bonchev–Trinajstić information content (AvgIpc) is 3.61. The number of benzene rings is 2. The summed E-state index contributed by atoms with van der Waals surface area (Å²) in [6.45, 7) is 5.32. The Hall–Kier alpha value is -3.56. The summed E-state index contributed by atoms with van der Waals surface area (Å²) in [6, 6.07) is 15.1. The van der Waals surface area contributed by atoms with Crippen LogP contribution in [-0.4, -0.2) is 59.2 Å². The van der Waals surface area contributed by atoms with Gasteiger partial charge in [-0.2, -0.15) is 4.98 Å². The highest BCUT2D eigenvalue weighted by Crippen LogP contribution is 2.23. The van der Waals surface area contributed by atoms with Gasteiger partial charge in [-0.25, -0.2) is 0 Å². The number of nitrogens with one attached hydrogen (secondary N) is 2. The van der Waals surface area contributed by atoms with E-state index < -0.39 is 0 Å². The zero-order chi connectivity index (χ0) is 25.6. The highest BCUT2D eigenvalue weighted by molar-refractivity contribution is 6.04. The quantitative estimate of drug-likeness (QED) is 0.481. The smallest absolute Gasteiger partial charge is 0.253 e. The minimum atomic E-state index is -0.203. The number of nitrogens with zero attached hydrogens (tertiary/aromatic N) is 3. The lowest BCUT2D eigenvalue weighted by molar-refractivity contribution is -0.121. The van der Waals surface area contributed by atoms with E-state index in [2.05, 4.69) is 25.7 Å². The largest absolute Gasteiger partial charge is 0.376 e. The normalized spacial score (nSPS) is 18.6. The molecule has 0 saturated carbocycles. The highest BCUT2D eigenvalue weighted by Gasteiger charge is 2.27. The molecule has 2 amide bonds. The SMILES string of the molecule is Cc1cccc(-c2noc(CN3CCC(C(=O)Nc4ccccc4C(=O)NCC4CCCO4)CC3)n2)c1. The Labute approximate surface area is 216 Å². The molecule has 194 valence electrons. The number of amides is 2. The molecule has 2 aromatic carbocycles. The Morgan fingerprint density at radius 3 is 2.70 bits per heavy atom. The number of hydrogen-bond donors (Lipinski definition) is 2. The molecule has 1 unspecified atom stereocenters. The van der Waals surface area contributed by atoms with Crippen LogP contribution >= 0.6 is 0 Å². The molecule has 9 heteroatoms. The molecule has 0 bridgehead atoms. The van der Waals surface area contributed by atoms with Gasteiger partial charge in [-0.15, -0.1) is 0 Å². The number of aromatic nitrogens is 2. The summed E-state index contributed by atoms with van der Waals surface area (Å²) in [5.41, 5.74) is 3.08. The predicted molar refractivity (Wildman–Crippen MR) is 139 cm³/mol. The van der Waals surface area contributed by atoms with Gasteiger partial charge in [0.25, 0.3) is 5.91 Å². The Morgan fingerprint density at radius 2 is 1.92 bits per heavy atom. The third kappa shape index (κ3) is 6.42. The van der Waals surface area contributed by atoms with Gasteiger partial charge in [0.1, 0.15) is 0 Å². The first-order valence-corrected chi connectivity index (χ1v) is 13.0. The molecular formula is C28H33N5O4. The maximum atomic E-state index is 13.0. The van der Waals surface area contributed by atoms with E-state index >= 15 is 0 Å². The van der Waals surface area contributed by atoms with Crippen molar-refractivity contribution < 1.29 is 18.8 Å². The molecule has 2 N–H and O–H groups in total. The first-order valence-electron chi connectivity index (χ1n) is 13.0. The molecule has 5 rings (SSSR count). The third-order valence-electron chi connectivity index (χ3n) is 7.01. The molecule has 1 aromatic heterocycles. The lowest BCUT2D eigenvalue weighted by Gasteiger charge is -2.30. The average molecular weight is 504 g/mol. The molecule has 1 atom stereocenters. The van der Waals surface area contributed by atoms with Crippen molar-refractivity contribution in [1.29, 1.82) is 0 Å². The monoisotopic (exact) mass is 503 g/mol. The number of carbonyl (C=O) groups is 2. The Kier molecular flexibility index (Phi) is 7.91. The van der Waals surface area contributed by atoms with Gasteiger partial charge in [-0.05, 0) is 63.9 Å². The molecular weight excluding hydrogens is 470 g/mol. The lowest BCUT2D eigenvalue weighted by atomic mass is 9.95. The number of anilines is 1. The van der Waals surface area contributed by atoms with Gasteiger partial charge < -0.3 is 19.9 Å². The van der Waals surface area contributed by atoms with Crippen LogP contribution in [0, 0.1) is 12.8 Å². The van der Waals surface area contributed by atoms with Gasteiger partial charge in [0.05, 0.1) is 23.9 Å². The van der Waals surface area contributed by atoms with Crippen LogP contribution in [0.5, 0.6) is 0 Å². The fourth-order valence-corrected chi connectivity index (χ4v) is 4.90. The maximum absolute atomic E-state index is 13.0. The number of likely N-dealkylation sites (tertiary alicyclic amines) is 1. The fourth-order valence-electron chi connectivity index (χ4n) is 4.90. The zero-order valence-corrected chi connectivity index (χ0v) is 21.1. The van der Waals surface area contributed by atoms with Crippen molar-refractivity contribution in [3.8, 4) is 11.4 Å². The van der Waals surface area contributed by atoms with E-state index in [-0.39, 0.29) is 23.8 Å². The fraction of sp³-hybridized carbons (Fsp3) is 0.429. The van der Waals surface area contributed by atoms with E-state index in [0.29, 0.717) is 36.1 Å². The van der Waals surface area contributed by atoms with Gasteiger partial charge in [-0.1, -0.05) is 41.1 Å². The second kappa shape index (κ2) is 11.7. The van der Waals surface area contributed by atoms with Crippen molar-refractivity contribution in [1.82, 2.24) is 20.4 Å². The lowest BCUT2D eigenvalue weighted by Crippen LogP contribution is -2.38. The van der Waals surface area contributed by atoms with Gasteiger partial charge in [0.2, 0.25) is 17.6 Å². The van der Waals surface area contributed by atoms with Crippen molar-refractivity contribution >= 4 is 17.5 Å². The van der Waals surface area contributed by atoms with Crippen LogP contribution in [0.25, 0.3) is 11.4 Å². The summed E-state index contributed by atoms with van der Waals surface area (Å²) in [4.78, 5) is 32.6. The Bertz CT molecular complexity index is 1230. The molecule has 37 heavy (non-hydrogen) atoms. The summed E-state index contributed by atoms with van der Waals surface area (Å²) in [5.74, 6) is 0.781. The summed E-state index contributed by atoms with van der Waals surface area (Å²) >= 11 is 0. The number of aryl methyl sites for hydroxylation is 1. The van der Waals surface area contributed by atoms with Crippen LogP contribution < -0.4 is 10.6 Å². The van der Waals surface area contributed by atoms with Crippen LogP contribution in [-0.2, 0) is 16.1 Å². The molecule has 3 aromatic rings. The van der Waals surface area contributed by atoms with E-state index in [1.165, 1.54) is 0 Å². The standard InChI is InChI=1S/C28H33N5O4/c1-19-6-4-7-21(16-19)26-31-25(37-32-26)18-33-13-11-20(12-14-33)27(34)30-24-10-3-2-9-23(24)28(35)29-17-22-8-5-15-36-22/h2-4,6-7,9-10,16,20,22H,5,8,11-15,17-18H2,1H3,(H,29,35)(H,30,34). The second-order valence-electron chi connectivity index (χ2n) is 9.81. The van der Waals surface area contributed by atoms with Crippen LogP contribution in [0.15, 0.2) is 53.1 Å². The number of para-hydroxylation sites is 1. The zero-order valence-electron chi connectivity index (χ0n) is 21.1. The molecule has 0 spiro atoms. The van der Waals surface area contributed by atoms with E-state index in [1.54, 1.807) is 18.2 Å². The van der Waals surface area contributed by atoms with Crippen LogP contribution in [0.1, 0.15) is 47.5 Å². The second-order valence-corrected chi connectivity index (χ2v) is 9.81. The number of piperidine rings is 1. The van der Waals surface area contributed by atoms with Crippen molar-refractivity contribution in [3.05, 3.63) is 65.5 Å². The number of hydrogen-bond acceptors (Lipinski definition) is 7. The van der Waals surface area contributed by atoms with Crippen LogP contribution in [0.4, 0.5) is 5.69 Å². The van der Waals surface area contributed by atoms with Gasteiger partial charge in [0.15, 0.2) is 0 Å². The van der Waals surface area contributed by atoms with Gasteiger partial charge >= 0.3 is 0 Å². The van der Waals surface area contributed by atoms with Crippen molar-refractivity contribution in [2.24, 2.45) is 5.92 Å². The third-order valence-corrected chi connectivity index (χ3v) is 7.01. The molecule has 2 aliphatic heterocycles. The molecule has 0 aliphatic carbocycles. The number of rotatable bonds is 8. The maximum Gasteiger partial charge on any atom is 0.253 e. The van der Waals surface area contributed by atoms with E-state index in [0.717, 1.165) is 56.5 Å². The predicted octanol–water partition coefficient (Wildman–Crippen LogP) is 3.80. The van der Waals surface area contributed by atoms with E-state index in [9.17, 15) is 9.59 Å². The minimum absolute atomic E-state index is 0.0569. The van der Waals surface area contributed by atoms with Crippen LogP contribution in [0.3, 0.4) is 0 Å². The number of carbonyl (C=O) groups excluding carboxylic acids is 2. The van der Waals surface area contributed by atoms with Crippen LogP contribution in [0.2, 0.25) is 0 Å². The highest BCUT2D eigenvalue weighted by atomic mass is 16.5. The summed E-state index contributed by atoms with van der Waals surface area (Å²) in [7, 11) is 0. The summed E-state index contributed by atoms with van der Waals surface area (Å²) in [5, 5.41) is 10.0. The van der Waals surface area contributed by atoms with Gasteiger partial charge in [0, 0.05) is 24.6 Å². The summed E-state index contributed by atoms with van der Waals surface area (Å²) < 4.78 is 11.1. The molecule has 2 fully saturated rings. The van der Waals surface area contributed by atoms with Crippen molar-refractivity contribution in [2.45, 2.75) is 45.3 Å². The Balaban J connectivity index is 1.12. The topological polar surface area (TPSA) is 110 Å². The molecule has 2 aliphatic rings. The minimum Gasteiger partial charge on any atom is -0.376 e. The molecule has 9 nitrogen and oxygen atoms in total. The van der Waals surface area contributed by atoms with Gasteiger partial charge in [-0.3, -0.25) is 14.5 Å². The van der Waals surface area contributed by atoms with Crippen molar-refractivity contribution in [3.63, 3.8) is 0 Å². The first kappa shape index (κ1) is 25.1. The van der Waals surface area contributed by atoms with E-state index in [1.807, 2.05) is 37.3 Å². The number of ether oxygens (including phenoxy) is 1. The van der Waals surface area contributed by atoms with E-state index in [4.69, 9.17) is 9.26 Å². The molecule has 0 radical (unpaired) electrons. The molecule has 2 saturated heterocycles. The molecule has 3 heterocycles.